The summed E-state index contributed by atoms with van der Waals surface area (Å²) in [5.74, 6) is 0. The maximum atomic E-state index is 13.1. The lowest BCUT2D eigenvalue weighted by atomic mass is 10.1. The molecule has 1 amide bonds. The Morgan fingerprint density at radius 1 is 1.67 bits per heavy atom. The highest BCUT2D eigenvalue weighted by atomic mass is 19.1. The molecular weight excluding hydrogens is 201 g/mol. The first-order valence-electron chi connectivity index (χ1n) is 5.39. The average Bonchev–Trinajstić information content (AvgIpc) is 2.22. The molecule has 2 unspecified atom stereocenters. The number of unbranched alkanes of at least 4 members (excludes halogenated alkanes) is 1. The first kappa shape index (κ1) is 12.2. The van der Waals surface area contributed by atoms with E-state index in [0.29, 0.717) is 13.2 Å². The molecule has 0 aromatic carbocycles. The molecule has 1 heterocycles. The Morgan fingerprint density at radius 2 is 2.40 bits per heavy atom. The highest BCUT2D eigenvalue weighted by Gasteiger charge is 2.30. The van der Waals surface area contributed by atoms with Crippen molar-refractivity contribution in [2.45, 2.75) is 38.5 Å². The summed E-state index contributed by atoms with van der Waals surface area (Å²) < 4.78 is 18.0. The summed E-state index contributed by atoms with van der Waals surface area (Å²) in [5, 5.41) is 9.14. The third-order valence-corrected chi connectivity index (χ3v) is 2.49. The van der Waals surface area contributed by atoms with Crippen molar-refractivity contribution in [1.82, 2.24) is 4.90 Å². The molecule has 1 saturated heterocycles. The van der Waals surface area contributed by atoms with E-state index in [0.717, 1.165) is 12.8 Å². The summed E-state index contributed by atoms with van der Waals surface area (Å²) in [6.45, 7) is 2.69. The number of hydrogen-bond acceptors (Lipinski definition) is 3. The minimum atomic E-state index is -1.35. The number of carbonyl (C=O) groups excluding carboxylic acids is 1. The Balaban J connectivity index is 2.28. The van der Waals surface area contributed by atoms with Gasteiger partial charge in [-0.15, -0.1) is 0 Å². The lowest BCUT2D eigenvalue weighted by Crippen LogP contribution is -2.47. The van der Waals surface area contributed by atoms with Crippen LogP contribution in [0.5, 0.6) is 0 Å². The van der Waals surface area contributed by atoms with Crippen molar-refractivity contribution in [2.75, 3.05) is 19.7 Å². The second-order valence-electron chi connectivity index (χ2n) is 3.79. The summed E-state index contributed by atoms with van der Waals surface area (Å²) in [7, 11) is 0. The van der Waals surface area contributed by atoms with Gasteiger partial charge in [-0.3, -0.25) is 0 Å². The SMILES string of the molecule is CCCCOC(=O)N1CCC(O)C(F)C1. The van der Waals surface area contributed by atoms with E-state index in [1.54, 1.807) is 0 Å². The van der Waals surface area contributed by atoms with Gasteiger partial charge in [-0.2, -0.15) is 0 Å². The van der Waals surface area contributed by atoms with Gasteiger partial charge in [0.1, 0.15) is 6.17 Å². The zero-order valence-electron chi connectivity index (χ0n) is 8.99. The number of carbonyl (C=O) groups is 1. The van der Waals surface area contributed by atoms with Crippen molar-refractivity contribution in [3.8, 4) is 0 Å². The molecule has 5 heteroatoms. The number of nitrogens with zero attached hydrogens (tertiary/aromatic N) is 1. The predicted octanol–water partition coefficient (Wildman–Crippen LogP) is 1.33. The Hall–Kier alpha value is -0.840. The van der Waals surface area contributed by atoms with Gasteiger partial charge in [0.15, 0.2) is 0 Å². The molecule has 0 bridgehead atoms. The highest BCUT2D eigenvalue weighted by Crippen LogP contribution is 2.14. The molecule has 1 aliphatic heterocycles. The minimum absolute atomic E-state index is 0.0634. The number of piperidine rings is 1. The molecule has 1 aliphatic rings. The van der Waals surface area contributed by atoms with Gasteiger partial charge in [0.2, 0.25) is 0 Å². The van der Waals surface area contributed by atoms with Gasteiger partial charge < -0.3 is 14.7 Å². The topological polar surface area (TPSA) is 49.8 Å². The van der Waals surface area contributed by atoms with Crippen LogP contribution in [0.1, 0.15) is 26.2 Å². The van der Waals surface area contributed by atoms with E-state index in [2.05, 4.69) is 0 Å². The second kappa shape index (κ2) is 5.90. The van der Waals surface area contributed by atoms with Gasteiger partial charge in [0, 0.05) is 6.54 Å². The number of aliphatic hydroxyl groups is 1. The van der Waals surface area contributed by atoms with E-state index in [1.807, 2.05) is 6.92 Å². The van der Waals surface area contributed by atoms with Crippen LogP contribution in [0.4, 0.5) is 9.18 Å². The lowest BCUT2D eigenvalue weighted by Gasteiger charge is -2.31. The van der Waals surface area contributed by atoms with E-state index in [9.17, 15) is 9.18 Å². The summed E-state index contributed by atoms with van der Waals surface area (Å²) in [5.41, 5.74) is 0. The van der Waals surface area contributed by atoms with Crippen LogP contribution in [0.15, 0.2) is 0 Å². The minimum Gasteiger partial charge on any atom is -0.449 e. The molecule has 15 heavy (non-hydrogen) atoms. The zero-order chi connectivity index (χ0) is 11.3. The number of ether oxygens (including phenoxy) is 1. The molecule has 0 saturated carbocycles. The van der Waals surface area contributed by atoms with Crippen LogP contribution in [0.3, 0.4) is 0 Å². The average molecular weight is 219 g/mol. The molecule has 1 N–H and O–H groups in total. The zero-order valence-corrected chi connectivity index (χ0v) is 8.99. The molecule has 0 aliphatic carbocycles. The molecule has 88 valence electrons. The van der Waals surface area contributed by atoms with E-state index in [1.165, 1.54) is 4.90 Å². The van der Waals surface area contributed by atoms with E-state index in [4.69, 9.17) is 9.84 Å². The van der Waals surface area contributed by atoms with Gasteiger partial charge in [-0.05, 0) is 12.8 Å². The third kappa shape index (κ3) is 3.66. The normalized spacial score (nSPS) is 26.5. The largest absolute Gasteiger partial charge is 0.449 e. The molecule has 1 fully saturated rings. The van der Waals surface area contributed by atoms with Gasteiger partial charge in [0.05, 0.1) is 19.3 Å². The van der Waals surface area contributed by atoms with Crippen LogP contribution in [-0.2, 0) is 4.74 Å². The third-order valence-electron chi connectivity index (χ3n) is 2.49. The van der Waals surface area contributed by atoms with Gasteiger partial charge in [-0.1, -0.05) is 13.3 Å². The molecule has 0 aromatic rings. The summed E-state index contributed by atoms with van der Waals surface area (Å²) in [6, 6.07) is 0. The molecular formula is C10H18FNO3. The quantitative estimate of drug-likeness (QED) is 0.728. The molecule has 0 aromatic heterocycles. The molecule has 4 nitrogen and oxygen atoms in total. The number of rotatable bonds is 3. The van der Waals surface area contributed by atoms with E-state index >= 15 is 0 Å². The molecule has 0 radical (unpaired) electrons. The fourth-order valence-corrected chi connectivity index (χ4v) is 1.45. The monoisotopic (exact) mass is 219 g/mol. The van der Waals surface area contributed by atoms with Crippen LogP contribution < -0.4 is 0 Å². The lowest BCUT2D eigenvalue weighted by molar-refractivity contribution is 0.00372. The maximum Gasteiger partial charge on any atom is 0.409 e. The summed E-state index contributed by atoms with van der Waals surface area (Å²) >= 11 is 0. The Bertz CT molecular complexity index is 213. The van der Waals surface area contributed by atoms with Crippen LogP contribution in [0.2, 0.25) is 0 Å². The van der Waals surface area contributed by atoms with Crippen molar-refractivity contribution >= 4 is 6.09 Å². The Labute approximate surface area is 89.0 Å². The van der Waals surface area contributed by atoms with Crippen molar-refractivity contribution in [2.24, 2.45) is 0 Å². The van der Waals surface area contributed by atoms with Crippen molar-refractivity contribution in [3.05, 3.63) is 0 Å². The van der Waals surface area contributed by atoms with Crippen molar-refractivity contribution in [1.29, 1.82) is 0 Å². The predicted molar refractivity (Wildman–Crippen MR) is 53.3 cm³/mol. The first-order valence-corrected chi connectivity index (χ1v) is 5.39. The Kier molecular flexibility index (Phi) is 4.81. The van der Waals surface area contributed by atoms with Crippen LogP contribution >= 0.6 is 0 Å². The van der Waals surface area contributed by atoms with Gasteiger partial charge in [0.25, 0.3) is 0 Å². The van der Waals surface area contributed by atoms with E-state index < -0.39 is 18.4 Å². The van der Waals surface area contributed by atoms with Crippen LogP contribution in [0.25, 0.3) is 0 Å². The van der Waals surface area contributed by atoms with Gasteiger partial charge >= 0.3 is 6.09 Å². The number of halogens is 1. The molecule has 0 spiro atoms. The van der Waals surface area contributed by atoms with Crippen LogP contribution in [-0.4, -0.2) is 48.1 Å². The number of aliphatic hydroxyl groups excluding tert-OH is 1. The molecule has 1 rings (SSSR count). The van der Waals surface area contributed by atoms with Gasteiger partial charge in [-0.25, -0.2) is 9.18 Å². The van der Waals surface area contributed by atoms with Crippen LogP contribution in [0, 0.1) is 0 Å². The summed E-state index contributed by atoms with van der Waals surface area (Å²) in [4.78, 5) is 12.7. The first-order chi connectivity index (χ1) is 7.15. The van der Waals surface area contributed by atoms with E-state index in [-0.39, 0.29) is 13.0 Å². The fraction of sp³-hybridized carbons (Fsp3) is 0.900. The second-order valence-corrected chi connectivity index (χ2v) is 3.79. The Morgan fingerprint density at radius 3 is 3.00 bits per heavy atom. The fourth-order valence-electron chi connectivity index (χ4n) is 1.45. The number of alkyl halides is 1. The number of amides is 1. The number of hydrogen-bond donors (Lipinski definition) is 1. The molecule has 2 atom stereocenters. The smallest absolute Gasteiger partial charge is 0.409 e. The highest BCUT2D eigenvalue weighted by molar-refractivity contribution is 5.67. The maximum absolute atomic E-state index is 13.1. The van der Waals surface area contributed by atoms with Crippen molar-refractivity contribution in [3.63, 3.8) is 0 Å². The summed E-state index contributed by atoms with van der Waals surface area (Å²) in [6.07, 6.45) is -0.705. The standard InChI is InChI=1S/C10H18FNO3/c1-2-3-6-15-10(14)12-5-4-9(13)8(11)7-12/h8-9,13H,2-7H2,1H3. The van der Waals surface area contributed by atoms with Crippen molar-refractivity contribution < 1.29 is 19.0 Å². The number of likely N-dealkylation sites (tertiary alicyclic amines) is 1.